The normalized spacial score (nSPS) is 27.3. The summed E-state index contributed by atoms with van der Waals surface area (Å²) in [5.41, 5.74) is 0. The number of hydrogen-bond donors (Lipinski definition) is 0. The molecule has 3 heteroatoms. The van der Waals surface area contributed by atoms with Crippen molar-refractivity contribution in [2.24, 2.45) is 0 Å². The van der Waals surface area contributed by atoms with E-state index in [-0.39, 0.29) is 0 Å². The maximum absolute atomic E-state index is 5.69. The molecule has 1 saturated heterocycles. The largest absolute Gasteiger partial charge is 0.419 e. The number of rotatable bonds is 2. The first kappa shape index (κ1) is 8.24. The Balaban J connectivity index is 2.13. The Morgan fingerprint density at radius 1 is 1.40 bits per heavy atom. The van der Waals surface area contributed by atoms with E-state index in [1.807, 2.05) is 0 Å². The summed E-state index contributed by atoms with van der Waals surface area (Å²) in [7, 11) is 3.50. The van der Waals surface area contributed by atoms with Gasteiger partial charge >= 0.3 is 0 Å². The molecule has 0 spiro atoms. The van der Waals surface area contributed by atoms with Gasteiger partial charge in [-0.3, -0.25) is 0 Å². The van der Waals surface area contributed by atoms with Crippen molar-refractivity contribution in [3.05, 3.63) is 0 Å². The van der Waals surface area contributed by atoms with Crippen molar-refractivity contribution in [1.82, 2.24) is 4.90 Å². The molecule has 0 aromatic carbocycles. The van der Waals surface area contributed by atoms with Gasteiger partial charge in [0.2, 0.25) is 0 Å². The van der Waals surface area contributed by atoms with Crippen LogP contribution in [0.25, 0.3) is 0 Å². The molecule has 1 aliphatic rings. The van der Waals surface area contributed by atoms with Gasteiger partial charge < -0.3 is 9.33 Å². The van der Waals surface area contributed by atoms with Crippen LogP contribution < -0.4 is 0 Å². The van der Waals surface area contributed by atoms with E-state index in [2.05, 4.69) is 19.0 Å². The van der Waals surface area contributed by atoms with Crippen LogP contribution in [0.4, 0.5) is 0 Å². The SMILES string of the molecule is CN(C)C[SiH]1CCCCO1. The standard InChI is InChI=1S/C7H17NOSi/c1-8(2)7-10-6-4-3-5-9-10/h10H,3-7H2,1-2H3. The zero-order valence-corrected chi connectivity index (χ0v) is 8.12. The Hall–Kier alpha value is 0.137. The third-order valence-electron chi connectivity index (χ3n) is 1.84. The quantitative estimate of drug-likeness (QED) is 0.548. The van der Waals surface area contributed by atoms with Gasteiger partial charge in [0.15, 0.2) is 9.04 Å². The third-order valence-corrected chi connectivity index (χ3v) is 4.74. The summed E-state index contributed by atoms with van der Waals surface area (Å²) in [4.78, 5) is 2.25. The molecule has 1 atom stereocenters. The van der Waals surface area contributed by atoms with Gasteiger partial charge in [0.25, 0.3) is 0 Å². The predicted molar refractivity (Wildman–Crippen MR) is 45.7 cm³/mol. The number of hydrogen-bond acceptors (Lipinski definition) is 2. The molecule has 10 heavy (non-hydrogen) atoms. The lowest BCUT2D eigenvalue weighted by Crippen LogP contribution is -2.35. The molecule has 1 fully saturated rings. The van der Waals surface area contributed by atoms with E-state index in [0.29, 0.717) is 0 Å². The van der Waals surface area contributed by atoms with Gasteiger partial charge in [0.1, 0.15) is 0 Å². The second-order valence-corrected chi connectivity index (χ2v) is 5.77. The summed E-state index contributed by atoms with van der Waals surface area (Å²) in [6.07, 6.45) is 3.92. The van der Waals surface area contributed by atoms with E-state index in [4.69, 9.17) is 4.43 Å². The molecule has 1 unspecified atom stereocenters. The molecule has 0 N–H and O–H groups in total. The highest BCUT2D eigenvalue weighted by Crippen LogP contribution is 2.10. The zero-order chi connectivity index (χ0) is 7.40. The average Bonchev–Trinajstić information content (AvgIpc) is 1.88. The van der Waals surface area contributed by atoms with Gasteiger partial charge in [-0.1, -0.05) is 6.42 Å². The van der Waals surface area contributed by atoms with E-state index in [9.17, 15) is 0 Å². The molecule has 0 aromatic heterocycles. The van der Waals surface area contributed by atoms with Gasteiger partial charge in [-0.2, -0.15) is 0 Å². The molecule has 1 rings (SSSR count). The third kappa shape index (κ3) is 2.81. The fourth-order valence-electron chi connectivity index (χ4n) is 1.36. The maximum atomic E-state index is 5.69. The summed E-state index contributed by atoms with van der Waals surface area (Å²) in [6, 6.07) is 1.39. The Morgan fingerprint density at radius 2 is 2.20 bits per heavy atom. The zero-order valence-electron chi connectivity index (χ0n) is 6.97. The highest BCUT2D eigenvalue weighted by Gasteiger charge is 2.16. The summed E-state index contributed by atoms with van der Waals surface area (Å²) < 4.78 is 5.69. The molecule has 2 nitrogen and oxygen atoms in total. The highest BCUT2D eigenvalue weighted by atomic mass is 28.3. The van der Waals surface area contributed by atoms with Crippen molar-refractivity contribution in [2.45, 2.75) is 18.9 Å². The van der Waals surface area contributed by atoms with Crippen LogP contribution in [0.15, 0.2) is 0 Å². The molecule has 0 bridgehead atoms. The fourth-order valence-corrected chi connectivity index (χ4v) is 3.87. The van der Waals surface area contributed by atoms with Gasteiger partial charge in [-0.25, -0.2) is 0 Å². The molecule has 0 radical (unpaired) electrons. The summed E-state index contributed by atoms with van der Waals surface area (Å²) >= 11 is 0. The van der Waals surface area contributed by atoms with Crippen molar-refractivity contribution in [1.29, 1.82) is 0 Å². The van der Waals surface area contributed by atoms with Gasteiger partial charge in [-0.15, -0.1) is 0 Å². The Morgan fingerprint density at radius 3 is 2.70 bits per heavy atom. The minimum Gasteiger partial charge on any atom is -0.419 e. The van der Waals surface area contributed by atoms with E-state index >= 15 is 0 Å². The topological polar surface area (TPSA) is 12.5 Å². The number of nitrogens with zero attached hydrogens (tertiary/aromatic N) is 1. The fraction of sp³-hybridized carbons (Fsp3) is 1.00. The van der Waals surface area contributed by atoms with E-state index in [1.54, 1.807) is 0 Å². The molecular formula is C7H17NOSi. The maximum Gasteiger partial charge on any atom is 0.190 e. The minimum absolute atomic E-state index is 0.758. The van der Waals surface area contributed by atoms with Crippen molar-refractivity contribution >= 4 is 9.04 Å². The van der Waals surface area contributed by atoms with Crippen LogP contribution in [-0.4, -0.2) is 40.8 Å². The molecule has 1 heterocycles. The lowest BCUT2D eigenvalue weighted by Gasteiger charge is -2.23. The average molecular weight is 159 g/mol. The van der Waals surface area contributed by atoms with Gasteiger partial charge in [-0.05, 0) is 26.6 Å². The molecule has 0 amide bonds. The van der Waals surface area contributed by atoms with Crippen LogP contribution >= 0.6 is 0 Å². The highest BCUT2D eigenvalue weighted by molar-refractivity contribution is 6.52. The molecule has 0 saturated carbocycles. The second kappa shape index (κ2) is 4.11. The van der Waals surface area contributed by atoms with Gasteiger partial charge in [0, 0.05) is 12.8 Å². The molecule has 0 aliphatic carbocycles. The second-order valence-electron chi connectivity index (χ2n) is 3.25. The summed E-state index contributed by atoms with van der Waals surface area (Å²) in [5.74, 6) is 0. The summed E-state index contributed by atoms with van der Waals surface area (Å²) in [6.45, 7) is 1.03. The van der Waals surface area contributed by atoms with Crippen molar-refractivity contribution < 1.29 is 4.43 Å². The van der Waals surface area contributed by atoms with Crippen LogP contribution in [0.2, 0.25) is 6.04 Å². The monoisotopic (exact) mass is 159 g/mol. The first-order chi connectivity index (χ1) is 4.79. The first-order valence-corrected chi connectivity index (χ1v) is 6.16. The van der Waals surface area contributed by atoms with Crippen molar-refractivity contribution in [3.8, 4) is 0 Å². The van der Waals surface area contributed by atoms with Crippen LogP contribution in [0.1, 0.15) is 12.8 Å². The van der Waals surface area contributed by atoms with Crippen LogP contribution in [0.5, 0.6) is 0 Å². The van der Waals surface area contributed by atoms with Gasteiger partial charge in [0.05, 0.1) is 0 Å². The molecule has 0 aromatic rings. The summed E-state index contributed by atoms with van der Waals surface area (Å²) in [5, 5.41) is 0. The Labute approximate surface area is 64.9 Å². The smallest absolute Gasteiger partial charge is 0.190 e. The van der Waals surface area contributed by atoms with Crippen LogP contribution in [-0.2, 0) is 4.43 Å². The van der Waals surface area contributed by atoms with Crippen LogP contribution in [0.3, 0.4) is 0 Å². The lowest BCUT2D eigenvalue weighted by atomic mass is 10.4. The Kier molecular flexibility index (Phi) is 3.38. The molecule has 60 valence electrons. The lowest BCUT2D eigenvalue weighted by molar-refractivity contribution is 0.273. The molecular weight excluding hydrogens is 142 g/mol. The van der Waals surface area contributed by atoms with Crippen molar-refractivity contribution in [3.63, 3.8) is 0 Å². The van der Waals surface area contributed by atoms with E-state index in [0.717, 1.165) is 6.61 Å². The minimum atomic E-state index is -0.758. The Bertz CT molecular complexity index is 91.6. The molecule has 1 aliphatic heterocycles. The predicted octanol–water partition coefficient (Wildman–Crippen LogP) is 0.621. The van der Waals surface area contributed by atoms with Crippen molar-refractivity contribution in [2.75, 3.05) is 26.9 Å². The van der Waals surface area contributed by atoms with E-state index < -0.39 is 9.04 Å². The first-order valence-electron chi connectivity index (χ1n) is 4.05. The van der Waals surface area contributed by atoms with Crippen LogP contribution in [0, 0.1) is 0 Å². The van der Waals surface area contributed by atoms with E-state index in [1.165, 1.54) is 25.1 Å².